The van der Waals surface area contributed by atoms with Crippen molar-refractivity contribution < 1.29 is 14.1 Å². The molecule has 0 radical (unpaired) electrons. The highest BCUT2D eigenvalue weighted by Crippen LogP contribution is 2.33. The maximum absolute atomic E-state index is 11.9. The lowest BCUT2D eigenvalue weighted by atomic mass is 9.99. The van der Waals surface area contributed by atoms with E-state index in [1.807, 2.05) is 62.4 Å². The average Bonchev–Trinajstić information content (AvgIpc) is 3.56. The Balaban J connectivity index is 1.49. The Kier molecular flexibility index (Phi) is 5.55. The first-order valence-corrected chi connectivity index (χ1v) is 9.94. The summed E-state index contributed by atoms with van der Waals surface area (Å²) in [7, 11) is 0. The highest BCUT2D eigenvalue weighted by molar-refractivity contribution is 5.75. The summed E-state index contributed by atoms with van der Waals surface area (Å²) in [5.41, 5.74) is 14.1. The first-order chi connectivity index (χ1) is 14.6. The van der Waals surface area contributed by atoms with Crippen LogP contribution in [-0.2, 0) is 16.1 Å². The fraction of sp³-hybridized carbons (Fsp3) is 0.304. The molecule has 0 spiro atoms. The number of benzene rings is 2. The van der Waals surface area contributed by atoms with E-state index in [0.29, 0.717) is 11.5 Å². The lowest BCUT2D eigenvalue weighted by Gasteiger charge is -2.14. The predicted molar refractivity (Wildman–Crippen MR) is 112 cm³/mol. The number of aryl methyl sites for hydroxylation is 1. The zero-order valence-electron chi connectivity index (χ0n) is 16.9. The SMILES string of the molecule is Cc1noc(-c2ccc(-c3ccc(C(C)OC(=O)C4CC4)cc3)cc2)c1CN=[N+]=[N-]. The largest absolute Gasteiger partial charge is 0.458 e. The molecule has 7 heteroatoms. The molecule has 1 aromatic heterocycles. The second kappa shape index (κ2) is 8.43. The quantitative estimate of drug-likeness (QED) is 0.205. The number of hydrogen-bond acceptors (Lipinski definition) is 5. The van der Waals surface area contributed by atoms with Crippen LogP contribution in [0.1, 0.15) is 42.7 Å². The Morgan fingerprint density at radius 3 is 2.37 bits per heavy atom. The van der Waals surface area contributed by atoms with E-state index < -0.39 is 0 Å². The molecule has 1 atom stereocenters. The Labute approximate surface area is 174 Å². The summed E-state index contributed by atoms with van der Waals surface area (Å²) in [5, 5.41) is 7.62. The first kappa shape index (κ1) is 19.7. The van der Waals surface area contributed by atoms with Crippen LogP contribution in [0.3, 0.4) is 0 Å². The maximum Gasteiger partial charge on any atom is 0.309 e. The summed E-state index contributed by atoms with van der Waals surface area (Å²) < 4.78 is 11.0. The van der Waals surface area contributed by atoms with Crippen LogP contribution in [0, 0.1) is 12.8 Å². The summed E-state index contributed by atoms with van der Waals surface area (Å²) in [4.78, 5) is 14.7. The molecule has 3 aromatic rings. The van der Waals surface area contributed by atoms with Gasteiger partial charge in [0.15, 0.2) is 5.76 Å². The average molecular weight is 402 g/mol. The third kappa shape index (κ3) is 4.21. The van der Waals surface area contributed by atoms with Crippen LogP contribution in [0.15, 0.2) is 58.2 Å². The van der Waals surface area contributed by atoms with Gasteiger partial charge in [0.1, 0.15) is 6.10 Å². The second-order valence-corrected chi connectivity index (χ2v) is 7.52. The van der Waals surface area contributed by atoms with Crippen molar-refractivity contribution in [2.75, 3.05) is 0 Å². The summed E-state index contributed by atoms with van der Waals surface area (Å²) >= 11 is 0. The highest BCUT2D eigenvalue weighted by atomic mass is 16.5. The molecule has 0 N–H and O–H groups in total. The van der Waals surface area contributed by atoms with E-state index in [9.17, 15) is 4.79 Å². The molecule has 2 aromatic carbocycles. The van der Waals surface area contributed by atoms with Gasteiger partial charge in [0, 0.05) is 16.0 Å². The Morgan fingerprint density at radius 1 is 1.17 bits per heavy atom. The van der Waals surface area contributed by atoms with Crippen molar-refractivity contribution in [2.24, 2.45) is 11.0 Å². The molecule has 7 nitrogen and oxygen atoms in total. The zero-order valence-corrected chi connectivity index (χ0v) is 16.9. The molecular weight excluding hydrogens is 380 g/mol. The van der Waals surface area contributed by atoms with Gasteiger partial charge in [-0.3, -0.25) is 4.79 Å². The van der Waals surface area contributed by atoms with E-state index in [2.05, 4.69) is 15.2 Å². The van der Waals surface area contributed by atoms with E-state index in [-0.39, 0.29) is 24.5 Å². The van der Waals surface area contributed by atoms with Gasteiger partial charge in [0.2, 0.25) is 0 Å². The van der Waals surface area contributed by atoms with Gasteiger partial charge in [-0.25, -0.2) is 0 Å². The molecule has 0 aliphatic heterocycles. The smallest absolute Gasteiger partial charge is 0.309 e. The minimum atomic E-state index is -0.251. The van der Waals surface area contributed by atoms with Crippen LogP contribution < -0.4 is 0 Å². The summed E-state index contributed by atoms with van der Waals surface area (Å²) in [6.07, 6.45) is 1.64. The van der Waals surface area contributed by atoms with Gasteiger partial charge in [-0.1, -0.05) is 58.8 Å². The molecule has 0 saturated heterocycles. The van der Waals surface area contributed by atoms with Crippen molar-refractivity contribution in [1.29, 1.82) is 0 Å². The van der Waals surface area contributed by atoms with Gasteiger partial charge in [-0.15, -0.1) is 0 Å². The number of rotatable bonds is 7. The topological polar surface area (TPSA) is 101 Å². The van der Waals surface area contributed by atoms with E-state index >= 15 is 0 Å². The van der Waals surface area contributed by atoms with Crippen molar-refractivity contribution >= 4 is 5.97 Å². The normalized spacial score (nSPS) is 14.1. The van der Waals surface area contributed by atoms with Crippen molar-refractivity contribution in [3.8, 4) is 22.5 Å². The van der Waals surface area contributed by atoms with Gasteiger partial charge in [-0.05, 0) is 48.9 Å². The summed E-state index contributed by atoms with van der Waals surface area (Å²) in [6, 6.07) is 16.0. The Morgan fingerprint density at radius 2 is 1.77 bits per heavy atom. The van der Waals surface area contributed by atoms with E-state index in [0.717, 1.165) is 40.7 Å². The van der Waals surface area contributed by atoms with Gasteiger partial charge in [0.25, 0.3) is 0 Å². The third-order valence-corrected chi connectivity index (χ3v) is 5.34. The van der Waals surface area contributed by atoms with Gasteiger partial charge < -0.3 is 9.26 Å². The maximum atomic E-state index is 11.9. The third-order valence-electron chi connectivity index (χ3n) is 5.34. The van der Waals surface area contributed by atoms with Gasteiger partial charge >= 0.3 is 5.97 Å². The lowest BCUT2D eigenvalue weighted by molar-refractivity contribution is -0.150. The van der Waals surface area contributed by atoms with Gasteiger partial charge in [0.05, 0.1) is 18.2 Å². The van der Waals surface area contributed by atoms with E-state index in [1.165, 1.54) is 0 Å². The molecule has 1 fully saturated rings. The van der Waals surface area contributed by atoms with Crippen LogP contribution in [-0.4, -0.2) is 11.1 Å². The van der Waals surface area contributed by atoms with Crippen molar-refractivity contribution in [2.45, 2.75) is 39.3 Å². The molecule has 1 aliphatic carbocycles. The number of esters is 1. The van der Waals surface area contributed by atoms with Crippen LogP contribution in [0.2, 0.25) is 0 Å². The molecule has 4 rings (SSSR count). The minimum absolute atomic E-state index is 0.0929. The number of carbonyl (C=O) groups is 1. The number of nitrogens with zero attached hydrogens (tertiary/aromatic N) is 4. The first-order valence-electron chi connectivity index (χ1n) is 9.94. The molecule has 30 heavy (non-hydrogen) atoms. The minimum Gasteiger partial charge on any atom is -0.458 e. The van der Waals surface area contributed by atoms with Crippen LogP contribution in [0.5, 0.6) is 0 Å². The van der Waals surface area contributed by atoms with Crippen molar-refractivity contribution in [3.05, 3.63) is 75.8 Å². The molecule has 1 saturated carbocycles. The molecule has 1 unspecified atom stereocenters. The van der Waals surface area contributed by atoms with Crippen molar-refractivity contribution in [3.63, 3.8) is 0 Å². The zero-order chi connectivity index (χ0) is 21.1. The Hall–Kier alpha value is -3.57. The molecule has 152 valence electrons. The van der Waals surface area contributed by atoms with Crippen molar-refractivity contribution in [1.82, 2.24) is 5.16 Å². The monoisotopic (exact) mass is 402 g/mol. The number of aromatic nitrogens is 1. The molecular formula is C23H22N4O3. The predicted octanol–water partition coefficient (Wildman–Crippen LogP) is 6.14. The summed E-state index contributed by atoms with van der Waals surface area (Å²) in [6.45, 7) is 3.93. The molecule has 0 bridgehead atoms. The fourth-order valence-electron chi connectivity index (χ4n) is 3.32. The molecule has 0 amide bonds. The number of hydrogen-bond donors (Lipinski definition) is 0. The van der Waals surface area contributed by atoms with E-state index in [1.54, 1.807) is 0 Å². The number of azide groups is 1. The second-order valence-electron chi connectivity index (χ2n) is 7.52. The van der Waals surface area contributed by atoms with E-state index in [4.69, 9.17) is 14.8 Å². The lowest BCUT2D eigenvalue weighted by Crippen LogP contribution is -2.10. The number of carbonyl (C=O) groups excluding carboxylic acids is 1. The van der Waals surface area contributed by atoms with Crippen LogP contribution in [0.25, 0.3) is 32.9 Å². The van der Waals surface area contributed by atoms with Gasteiger partial charge in [-0.2, -0.15) is 0 Å². The Bertz CT molecular complexity index is 1090. The highest BCUT2D eigenvalue weighted by Gasteiger charge is 2.32. The standard InChI is InChI=1S/C23H22N4O3/c1-14-21(13-25-27-24)22(30-26-14)19-9-7-18(8-10-19)17-5-3-16(4-6-17)15(2)29-23(28)20-11-12-20/h3-10,15,20H,11-13H2,1-2H3. The summed E-state index contributed by atoms with van der Waals surface area (Å²) in [5.74, 6) is 0.628. The number of ether oxygens (including phenoxy) is 1. The fourth-order valence-corrected chi connectivity index (χ4v) is 3.32. The molecule has 1 heterocycles. The molecule has 1 aliphatic rings. The van der Waals surface area contributed by atoms with Crippen LogP contribution >= 0.6 is 0 Å². The van der Waals surface area contributed by atoms with Crippen LogP contribution in [0.4, 0.5) is 0 Å².